The van der Waals surface area contributed by atoms with Crippen LogP contribution in [0.15, 0.2) is 0 Å². The van der Waals surface area contributed by atoms with Crippen LogP contribution in [0.5, 0.6) is 0 Å². The van der Waals surface area contributed by atoms with E-state index in [4.69, 9.17) is 4.74 Å². The summed E-state index contributed by atoms with van der Waals surface area (Å²) < 4.78 is 5.70. The monoisotopic (exact) mass is 170 g/mol. The Kier molecular flexibility index (Phi) is 2.57. The topological polar surface area (TPSA) is 26.3 Å². The van der Waals surface area contributed by atoms with Crippen LogP contribution in [0.2, 0.25) is 0 Å². The molecule has 0 amide bonds. The molecule has 0 spiro atoms. The molecule has 0 aromatic carbocycles. The molecule has 2 heteroatoms. The van der Waals surface area contributed by atoms with Gasteiger partial charge < -0.3 is 4.74 Å². The molecule has 1 fully saturated rings. The number of carbonyl (C=O) groups excluding carboxylic acids is 1. The number of rotatable bonds is 2. The lowest BCUT2D eigenvalue weighted by atomic mass is 9.79. The third kappa shape index (κ3) is 2.59. The molecular formula is C10H18O2. The average molecular weight is 170 g/mol. The van der Waals surface area contributed by atoms with Gasteiger partial charge in [0.25, 0.3) is 0 Å². The Bertz CT molecular complexity index is 173. The first-order valence-electron chi connectivity index (χ1n) is 4.57. The molecule has 1 rings (SSSR count). The molecule has 1 saturated carbocycles. The number of ether oxygens (including phenoxy) is 1. The van der Waals surface area contributed by atoms with Gasteiger partial charge >= 0.3 is 0 Å². The average Bonchev–Trinajstić information content (AvgIpc) is 1.74. The van der Waals surface area contributed by atoms with E-state index >= 15 is 0 Å². The van der Waals surface area contributed by atoms with Crippen LogP contribution in [0.25, 0.3) is 0 Å². The highest BCUT2D eigenvalue weighted by Gasteiger charge is 2.35. The van der Waals surface area contributed by atoms with Crippen molar-refractivity contribution in [2.45, 2.75) is 52.2 Å². The zero-order valence-corrected chi connectivity index (χ0v) is 8.39. The van der Waals surface area contributed by atoms with Crippen LogP contribution in [0.1, 0.15) is 40.5 Å². The summed E-state index contributed by atoms with van der Waals surface area (Å²) in [6, 6.07) is 0. The normalized spacial score (nSPS) is 29.7. The lowest BCUT2D eigenvalue weighted by Gasteiger charge is -2.38. The molecule has 1 aliphatic rings. The second-order valence-corrected chi connectivity index (χ2v) is 4.63. The minimum atomic E-state index is -0.0631. The first kappa shape index (κ1) is 9.72. The molecule has 0 aromatic heterocycles. The van der Waals surface area contributed by atoms with Crippen LogP contribution < -0.4 is 0 Å². The van der Waals surface area contributed by atoms with E-state index < -0.39 is 0 Å². The summed E-state index contributed by atoms with van der Waals surface area (Å²) in [4.78, 5) is 10.9. The van der Waals surface area contributed by atoms with E-state index in [0.29, 0.717) is 11.9 Å². The standard InChI is InChI=1S/C10H18O2/c1-7(11)8-5-9(6-8)12-10(2,3)4/h8-9H,5-6H2,1-4H3/t8-,9+. The van der Waals surface area contributed by atoms with E-state index in [1.807, 2.05) is 20.8 Å². The second-order valence-electron chi connectivity index (χ2n) is 4.63. The minimum Gasteiger partial charge on any atom is -0.373 e. The molecule has 0 heterocycles. The van der Waals surface area contributed by atoms with Gasteiger partial charge in [-0.15, -0.1) is 0 Å². The predicted octanol–water partition coefficient (Wildman–Crippen LogP) is 2.17. The number of Topliss-reactive ketones (excluding diaryl/α,β-unsaturated/α-hetero) is 1. The van der Waals surface area contributed by atoms with E-state index in [1.165, 1.54) is 0 Å². The molecule has 2 nitrogen and oxygen atoms in total. The Balaban J connectivity index is 2.22. The van der Waals surface area contributed by atoms with Crippen molar-refractivity contribution in [2.24, 2.45) is 5.92 Å². The number of carbonyl (C=O) groups is 1. The van der Waals surface area contributed by atoms with Crippen LogP contribution in [0.4, 0.5) is 0 Å². The van der Waals surface area contributed by atoms with Gasteiger partial charge in [-0.2, -0.15) is 0 Å². The Hall–Kier alpha value is -0.370. The fraction of sp³-hybridized carbons (Fsp3) is 0.900. The molecular weight excluding hydrogens is 152 g/mol. The predicted molar refractivity (Wildman–Crippen MR) is 48.0 cm³/mol. The maximum atomic E-state index is 10.9. The van der Waals surface area contributed by atoms with Crippen molar-refractivity contribution in [3.63, 3.8) is 0 Å². The van der Waals surface area contributed by atoms with Crippen LogP contribution in [0, 0.1) is 5.92 Å². The van der Waals surface area contributed by atoms with Crippen molar-refractivity contribution in [3.05, 3.63) is 0 Å². The van der Waals surface area contributed by atoms with Crippen molar-refractivity contribution in [1.29, 1.82) is 0 Å². The van der Waals surface area contributed by atoms with E-state index in [0.717, 1.165) is 12.8 Å². The highest BCUT2D eigenvalue weighted by Crippen LogP contribution is 2.33. The molecule has 12 heavy (non-hydrogen) atoms. The van der Waals surface area contributed by atoms with Crippen LogP contribution in [-0.4, -0.2) is 17.5 Å². The summed E-state index contributed by atoms with van der Waals surface area (Å²) in [5.41, 5.74) is -0.0631. The number of hydrogen-bond acceptors (Lipinski definition) is 2. The van der Waals surface area contributed by atoms with Crippen molar-refractivity contribution in [2.75, 3.05) is 0 Å². The lowest BCUT2D eigenvalue weighted by Crippen LogP contribution is -2.40. The molecule has 0 aromatic rings. The zero-order chi connectivity index (χ0) is 9.35. The van der Waals surface area contributed by atoms with Gasteiger partial charge in [0, 0.05) is 5.92 Å². The summed E-state index contributed by atoms with van der Waals surface area (Å²) in [7, 11) is 0. The van der Waals surface area contributed by atoms with E-state index in [9.17, 15) is 4.79 Å². The smallest absolute Gasteiger partial charge is 0.133 e. The summed E-state index contributed by atoms with van der Waals surface area (Å²) in [6.07, 6.45) is 2.16. The maximum absolute atomic E-state index is 10.9. The third-order valence-electron chi connectivity index (χ3n) is 2.19. The Labute approximate surface area is 74.3 Å². The molecule has 1 aliphatic carbocycles. The molecule has 0 aliphatic heterocycles. The van der Waals surface area contributed by atoms with E-state index in [-0.39, 0.29) is 11.5 Å². The molecule has 0 radical (unpaired) electrons. The fourth-order valence-electron chi connectivity index (χ4n) is 1.49. The highest BCUT2D eigenvalue weighted by molar-refractivity contribution is 5.79. The second kappa shape index (κ2) is 3.17. The van der Waals surface area contributed by atoms with Crippen LogP contribution >= 0.6 is 0 Å². The molecule has 0 bridgehead atoms. The quantitative estimate of drug-likeness (QED) is 0.635. The van der Waals surface area contributed by atoms with E-state index in [1.54, 1.807) is 6.92 Å². The van der Waals surface area contributed by atoms with Gasteiger partial charge in [-0.05, 0) is 40.5 Å². The van der Waals surface area contributed by atoms with Gasteiger partial charge in [0.1, 0.15) is 5.78 Å². The van der Waals surface area contributed by atoms with Crippen LogP contribution in [-0.2, 0) is 9.53 Å². The molecule has 70 valence electrons. The van der Waals surface area contributed by atoms with Crippen molar-refractivity contribution >= 4 is 5.78 Å². The van der Waals surface area contributed by atoms with Gasteiger partial charge in [0.05, 0.1) is 11.7 Å². The summed E-state index contributed by atoms with van der Waals surface area (Å²) >= 11 is 0. The molecule has 0 unspecified atom stereocenters. The third-order valence-corrected chi connectivity index (χ3v) is 2.19. The molecule has 0 N–H and O–H groups in total. The van der Waals surface area contributed by atoms with Crippen LogP contribution in [0.3, 0.4) is 0 Å². The van der Waals surface area contributed by atoms with Crippen molar-refractivity contribution in [3.8, 4) is 0 Å². The Morgan fingerprint density at radius 1 is 1.33 bits per heavy atom. The van der Waals surface area contributed by atoms with Gasteiger partial charge in [-0.1, -0.05) is 0 Å². The number of ketones is 1. The Morgan fingerprint density at radius 3 is 2.17 bits per heavy atom. The number of hydrogen-bond donors (Lipinski definition) is 0. The summed E-state index contributed by atoms with van der Waals surface area (Å²) in [5, 5.41) is 0. The van der Waals surface area contributed by atoms with Gasteiger partial charge in [-0.3, -0.25) is 4.79 Å². The van der Waals surface area contributed by atoms with E-state index in [2.05, 4.69) is 0 Å². The van der Waals surface area contributed by atoms with Gasteiger partial charge in [0.2, 0.25) is 0 Å². The van der Waals surface area contributed by atoms with Crippen molar-refractivity contribution in [1.82, 2.24) is 0 Å². The lowest BCUT2D eigenvalue weighted by molar-refractivity contribution is -0.140. The zero-order valence-electron chi connectivity index (χ0n) is 8.39. The highest BCUT2D eigenvalue weighted by atomic mass is 16.5. The first-order valence-corrected chi connectivity index (χ1v) is 4.57. The largest absolute Gasteiger partial charge is 0.373 e. The fourth-order valence-corrected chi connectivity index (χ4v) is 1.49. The van der Waals surface area contributed by atoms with Crippen molar-refractivity contribution < 1.29 is 9.53 Å². The minimum absolute atomic E-state index is 0.0631. The van der Waals surface area contributed by atoms with Gasteiger partial charge in [0.15, 0.2) is 0 Å². The maximum Gasteiger partial charge on any atom is 0.133 e. The van der Waals surface area contributed by atoms with Gasteiger partial charge in [-0.25, -0.2) is 0 Å². The summed E-state index contributed by atoms with van der Waals surface area (Å²) in [6.45, 7) is 7.81. The summed E-state index contributed by atoms with van der Waals surface area (Å²) in [5.74, 6) is 0.584. The Morgan fingerprint density at radius 2 is 1.83 bits per heavy atom. The molecule has 0 saturated heterocycles. The SMILES string of the molecule is CC(=O)[C@H]1C[C@@H](OC(C)(C)C)C1. The molecule has 0 atom stereocenters. The first-order chi connectivity index (χ1) is 5.38.